The van der Waals surface area contributed by atoms with Crippen LogP contribution in [0.5, 0.6) is 0 Å². The number of hydrogen-bond donors (Lipinski definition) is 0. The highest BCUT2D eigenvalue weighted by Gasteiger charge is 2.17. The number of methoxy groups -OCH3 is 1. The molecule has 1 atom stereocenters. The van der Waals surface area contributed by atoms with Crippen molar-refractivity contribution in [1.82, 2.24) is 9.88 Å². The summed E-state index contributed by atoms with van der Waals surface area (Å²) in [4.78, 5) is 17.6. The maximum absolute atomic E-state index is 12.1. The summed E-state index contributed by atoms with van der Waals surface area (Å²) in [6, 6.07) is 1.61. The van der Waals surface area contributed by atoms with Crippen LogP contribution in [0.2, 0.25) is 5.02 Å². The van der Waals surface area contributed by atoms with Gasteiger partial charge in [0, 0.05) is 33.1 Å². The highest BCUT2D eigenvalue weighted by atomic mass is 79.9. The lowest BCUT2D eigenvalue weighted by Crippen LogP contribution is -2.33. The number of halogens is 2. The van der Waals surface area contributed by atoms with Crippen LogP contribution < -0.4 is 0 Å². The normalized spacial score (nSPS) is 12.2. The number of aromatic nitrogens is 1. The average molecular weight is 322 g/mol. The second-order valence-electron chi connectivity index (χ2n) is 3.59. The SMILES string of the molecule is COCC(Br)CN(C)C(=O)c1ccncc1Cl. The highest BCUT2D eigenvalue weighted by molar-refractivity contribution is 9.09. The van der Waals surface area contributed by atoms with Crippen molar-refractivity contribution in [1.29, 1.82) is 0 Å². The van der Waals surface area contributed by atoms with Crippen LogP contribution in [-0.2, 0) is 4.74 Å². The van der Waals surface area contributed by atoms with Crippen molar-refractivity contribution in [2.75, 3.05) is 27.3 Å². The fourth-order valence-electron chi connectivity index (χ4n) is 1.37. The third-order valence-electron chi connectivity index (χ3n) is 2.17. The number of alkyl halides is 1. The first-order valence-corrected chi connectivity index (χ1v) is 6.33. The van der Waals surface area contributed by atoms with Crippen LogP contribution in [0.4, 0.5) is 0 Å². The maximum atomic E-state index is 12.1. The molecule has 0 fully saturated rings. The molecule has 0 radical (unpaired) electrons. The van der Waals surface area contributed by atoms with Crippen molar-refractivity contribution in [2.24, 2.45) is 0 Å². The van der Waals surface area contributed by atoms with Gasteiger partial charge in [0.25, 0.3) is 5.91 Å². The molecule has 94 valence electrons. The van der Waals surface area contributed by atoms with Crippen LogP contribution in [-0.4, -0.2) is 47.9 Å². The van der Waals surface area contributed by atoms with Crippen LogP contribution >= 0.6 is 27.5 Å². The zero-order valence-corrected chi connectivity index (χ0v) is 12.0. The molecular formula is C11H14BrClN2O2. The predicted octanol–water partition coefficient (Wildman–Crippen LogP) is 2.22. The van der Waals surface area contributed by atoms with Crippen molar-refractivity contribution in [3.63, 3.8) is 0 Å². The van der Waals surface area contributed by atoms with E-state index in [1.165, 1.54) is 6.20 Å². The Balaban J connectivity index is 2.67. The first kappa shape index (κ1) is 14.4. The molecule has 6 heteroatoms. The second-order valence-corrected chi connectivity index (χ2v) is 5.30. The number of pyridine rings is 1. The lowest BCUT2D eigenvalue weighted by molar-refractivity contribution is 0.0784. The van der Waals surface area contributed by atoms with E-state index in [9.17, 15) is 4.79 Å². The zero-order valence-electron chi connectivity index (χ0n) is 9.69. The summed E-state index contributed by atoms with van der Waals surface area (Å²) in [5, 5.41) is 0.363. The number of rotatable bonds is 5. The van der Waals surface area contributed by atoms with E-state index in [0.29, 0.717) is 23.7 Å². The summed E-state index contributed by atoms with van der Waals surface area (Å²) in [5.41, 5.74) is 0.460. The summed E-state index contributed by atoms with van der Waals surface area (Å²) in [6.07, 6.45) is 3.01. The largest absolute Gasteiger partial charge is 0.383 e. The van der Waals surface area contributed by atoms with Crippen LogP contribution in [0.1, 0.15) is 10.4 Å². The number of amides is 1. The Morgan fingerprint density at radius 3 is 3.00 bits per heavy atom. The summed E-state index contributed by atoms with van der Waals surface area (Å²) in [6.45, 7) is 1.09. The molecule has 1 unspecified atom stereocenters. The Morgan fingerprint density at radius 1 is 1.71 bits per heavy atom. The Hall–Kier alpha value is -0.650. The number of carbonyl (C=O) groups excluding carboxylic acids is 1. The maximum Gasteiger partial charge on any atom is 0.255 e. The Labute approximate surface area is 114 Å². The molecule has 0 spiro atoms. The lowest BCUT2D eigenvalue weighted by atomic mass is 10.2. The fraction of sp³-hybridized carbons (Fsp3) is 0.455. The molecule has 1 aromatic rings. The number of carbonyl (C=O) groups is 1. The van der Waals surface area contributed by atoms with Gasteiger partial charge < -0.3 is 9.64 Å². The van der Waals surface area contributed by atoms with Crippen molar-refractivity contribution in [3.05, 3.63) is 29.0 Å². The molecular weight excluding hydrogens is 307 g/mol. The average Bonchev–Trinajstić information content (AvgIpc) is 2.29. The van der Waals surface area contributed by atoms with E-state index >= 15 is 0 Å². The summed E-state index contributed by atoms with van der Waals surface area (Å²) >= 11 is 9.35. The molecule has 0 saturated heterocycles. The van der Waals surface area contributed by atoms with Crippen LogP contribution in [0.15, 0.2) is 18.5 Å². The van der Waals surface area contributed by atoms with E-state index in [0.717, 1.165) is 0 Å². The van der Waals surface area contributed by atoms with E-state index in [1.807, 2.05) is 0 Å². The third-order valence-corrected chi connectivity index (χ3v) is 3.02. The number of nitrogens with zero attached hydrogens (tertiary/aromatic N) is 2. The number of hydrogen-bond acceptors (Lipinski definition) is 3. The zero-order chi connectivity index (χ0) is 12.8. The third kappa shape index (κ3) is 4.26. The van der Waals surface area contributed by atoms with Crippen molar-refractivity contribution in [2.45, 2.75) is 4.83 Å². The molecule has 17 heavy (non-hydrogen) atoms. The number of ether oxygens (including phenoxy) is 1. The van der Waals surface area contributed by atoms with E-state index in [4.69, 9.17) is 16.3 Å². The molecule has 1 aromatic heterocycles. The molecule has 0 aliphatic rings. The van der Waals surface area contributed by atoms with E-state index in [-0.39, 0.29) is 10.7 Å². The quantitative estimate of drug-likeness (QED) is 0.781. The van der Waals surface area contributed by atoms with Gasteiger partial charge in [0.1, 0.15) is 0 Å². The predicted molar refractivity (Wildman–Crippen MR) is 70.8 cm³/mol. The Morgan fingerprint density at radius 2 is 2.41 bits per heavy atom. The van der Waals surface area contributed by atoms with Gasteiger partial charge >= 0.3 is 0 Å². The van der Waals surface area contributed by atoms with Gasteiger partial charge in [-0.3, -0.25) is 9.78 Å². The van der Waals surface area contributed by atoms with E-state index in [2.05, 4.69) is 20.9 Å². The molecule has 1 heterocycles. The van der Waals surface area contributed by atoms with Gasteiger partial charge in [-0.2, -0.15) is 0 Å². The topological polar surface area (TPSA) is 42.4 Å². The molecule has 0 saturated carbocycles. The monoisotopic (exact) mass is 320 g/mol. The van der Waals surface area contributed by atoms with Crippen molar-refractivity contribution < 1.29 is 9.53 Å². The first-order valence-electron chi connectivity index (χ1n) is 5.04. The van der Waals surface area contributed by atoms with E-state index < -0.39 is 0 Å². The van der Waals surface area contributed by atoms with Gasteiger partial charge in [-0.1, -0.05) is 27.5 Å². The standard InChI is InChI=1S/C11H14BrClN2O2/c1-15(6-8(12)7-17-2)11(16)9-3-4-14-5-10(9)13/h3-5,8H,6-7H2,1-2H3. The molecule has 4 nitrogen and oxygen atoms in total. The van der Waals surface area contributed by atoms with Gasteiger partial charge in [0.15, 0.2) is 0 Å². The molecule has 0 bridgehead atoms. The van der Waals surface area contributed by atoms with Gasteiger partial charge in [-0.05, 0) is 6.07 Å². The highest BCUT2D eigenvalue weighted by Crippen LogP contribution is 2.16. The second kappa shape index (κ2) is 6.93. The lowest BCUT2D eigenvalue weighted by Gasteiger charge is -2.20. The Bertz CT molecular complexity index is 389. The fourth-order valence-corrected chi connectivity index (χ4v) is 2.27. The molecule has 1 rings (SSSR count). The molecule has 0 N–H and O–H groups in total. The van der Waals surface area contributed by atoms with Gasteiger partial charge in [-0.25, -0.2) is 0 Å². The molecule has 0 aliphatic carbocycles. The minimum Gasteiger partial charge on any atom is -0.383 e. The summed E-state index contributed by atoms with van der Waals surface area (Å²) < 4.78 is 4.99. The summed E-state index contributed by atoms with van der Waals surface area (Å²) in [7, 11) is 3.35. The Kier molecular flexibility index (Phi) is 5.88. The summed E-state index contributed by atoms with van der Waals surface area (Å²) in [5.74, 6) is -0.127. The molecule has 1 amide bonds. The van der Waals surface area contributed by atoms with E-state index in [1.54, 1.807) is 31.3 Å². The molecule has 0 aliphatic heterocycles. The minimum absolute atomic E-state index is 0.0991. The van der Waals surface area contributed by atoms with Gasteiger partial charge in [0.05, 0.1) is 22.0 Å². The minimum atomic E-state index is -0.127. The van der Waals surface area contributed by atoms with Gasteiger partial charge in [0.2, 0.25) is 0 Å². The van der Waals surface area contributed by atoms with Crippen LogP contribution in [0, 0.1) is 0 Å². The first-order chi connectivity index (χ1) is 8.06. The van der Waals surface area contributed by atoms with Crippen LogP contribution in [0.3, 0.4) is 0 Å². The van der Waals surface area contributed by atoms with Crippen molar-refractivity contribution in [3.8, 4) is 0 Å². The smallest absolute Gasteiger partial charge is 0.255 e. The van der Waals surface area contributed by atoms with Crippen LogP contribution in [0.25, 0.3) is 0 Å². The molecule has 0 aromatic carbocycles. The van der Waals surface area contributed by atoms with Gasteiger partial charge in [-0.15, -0.1) is 0 Å². The van der Waals surface area contributed by atoms with Crippen molar-refractivity contribution >= 4 is 33.4 Å².